The molecule has 1 aromatic heterocycles. The SMILES string of the molecule is Cc1cccc(CN2CCN(c3ncc(C(F)(F)F)s3)CC2)c1. The van der Waals surface area contributed by atoms with Gasteiger partial charge in [-0.25, -0.2) is 4.98 Å². The van der Waals surface area contributed by atoms with E-state index in [1.165, 1.54) is 11.1 Å². The maximum absolute atomic E-state index is 12.6. The van der Waals surface area contributed by atoms with E-state index in [0.717, 1.165) is 37.2 Å². The molecule has 0 saturated carbocycles. The minimum atomic E-state index is -4.30. The highest BCUT2D eigenvalue weighted by Crippen LogP contribution is 2.36. The van der Waals surface area contributed by atoms with Crippen LogP contribution in [-0.2, 0) is 12.7 Å². The van der Waals surface area contributed by atoms with Crippen LogP contribution >= 0.6 is 11.3 Å². The normalized spacial score (nSPS) is 16.8. The second kappa shape index (κ2) is 6.49. The van der Waals surface area contributed by atoms with E-state index in [0.29, 0.717) is 18.2 Å². The highest BCUT2D eigenvalue weighted by Gasteiger charge is 2.34. The first-order valence-electron chi connectivity index (χ1n) is 7.48. The van der Waals surface area contributed by atoms with E-state index in [1.54, 1.807) is 0 Å². The molecule has 1 aliphatic heterocycles. The summed E-state index contributed by atoms with van der Waals surface area (Å²) in [6.07, 6.45) is -3.37. The molecule has 0 N–H and O–H groups in total. The first kappa shape index (κ1) is 16.3. The van der Waals surface area contributed by atoms with Crippen molar-refractivity contribution in [2.75, 3.05) is 31.1 Å². The number of aromatic nitrogens is 1. The van der Waals surface area contributed by atoms with Gasteiger partial charge in [0.1, 0.15) is 4.88 Å². The molecule has 0 bridgehead atoms. The monoisotopic (exact) mass is 341 g/mol. The molecule has 0 radical (unpaired) electrons. The third-order valence-corrected chi connectivity index (χ3v) is 5.01. The second-order valence-corrected chi connectivity index (χ2v) is 6.77. The number of benzene rings is 1. The van der Waals surface area contributed by atoms with Gasteiger partial charge in [-0.1, -0.05) is 41.2 Å². The van der Waals surface area contributed by atoms with Gasteiger partial charge in [-0.05, 0) is 12.5 Å². The molecular weight excluding hydrogens is 323 g/mol. The molecule has 1 aliphatic rings. The van der Waals surface area contributed by atoms with Crippen molar-refractivity contribution in [1.29, 1.82) is 0 Å². The number of alkyl halides is 3. The Labute approximate surface area is 137 Å². The summed E-state index contributed by atoms with van der Waals surface area (Å²) in [5, 5.41) is 0.465. The van der Waals surface area contributed by atoms with Gasteiger partial charge in [0.25, 0.3) is 0 Å². The average molecular weight is 341 g/mol. The molecule has 0 spiro atoms. The van der Waals surface area contributed by atoms with Crippen molar-refractivity contribution in [2.24, 2.45) is 0 Å². The van der Waals surface area contributed by atoms with Crippen molar-refractivity contribution in [2.45, 2.75) is 19.6 Å². The second-order valence-electron chi connectivity index (χ2n) is 5.76. The fourth-order valence-corrected chi connectivity index (χ4v) is 3.54. The van der Waals surface area contributed by atoms with Gasteiger partial charge in [0, 0.05) is 32.7 Å². The van der Waals surface area contributed by atoms with Crippen LogP contribution in [0.3, 0.4) is 0 Å². The van der Waals surface area contributed by atoms with Gasteiger partial charge < -0.3 is 4.90 Å². The Kier molecular flexibility index (Phi) is 4.59. The Morgan fingerprint density at radius 3 is 2.52 bits per heavy atom. The Balaban J connectivity index is 1.57. The maximum Gasteiger partial charge on any atom is 0.427 e. The third-order valence-electron chi connectivity index (χ3n) is 3.90. The van der Waals surface area contributed by atoms with Gasteiger partial charge in [-0.2, -0.15) is 13.2 Å². The lowest BCUT2D eigenvalue weighted by Gasteiger charge is -2.34. The maximum atomic E-state index is 12.6. The standard InChI is InChI=1S/C16H18F3N3S/c1-12-3-2-4-13(9-12)11-21-5-7-22(8-6-21)15-20-10-14(23-15)16(17,18)19/h2-4,9-10H,5-8,11H2,1H3. The average Bonchev–Trinajstić information content (AvgIpc) is 2.98. The zero-order valence-corrected chi connectivity index (χ0v) is 13.6. The Hall–Kier alpha value is -1.60. The van der Waals surface area contributed by atoms with Gasteiger partial charge in [0.05, 0.1) is 6.20 Å². The van der Waals surface area contributed by atoms with Crippen molar-refractivity contribution in [3.63, 3.8) is 0 Å². The molecule has 124 valence electrons. The molecule has 1 aromatic carbocycles. The van der Waals surface area contributed by atoms with Crippen molar-refractivity contribution in [1.82, 2.24) is 9.88 Å². The highest BCUT2D eigenvalue weighted by atomic mass is 32.1. The summed E-state index contributed by atoms with van der Waals surface area (Å²) >= 11 is 0.725. The fourth-order valence-electron chi connectivity index (χ4n) is 2.71. The Morgan fingerprint density at radius 1 is 1.17 bits per heavy atom. The summed E-state index contributed by atoms with van der Waals surface area (Å²) in [6, 6.07) is 8.40. The number of thiazole rings is 1. The van der Waals surface area contributed by atoms with Crippen molar-refractivity contribution in [3.05, 3.63) is 46.5 Å². The summed E-state index contributed by atoms with van der Waals surface area (Å²) in [7, 11) is 0. The summed E-state index contributed by atoms with van der Waals surface area (Å²) in [5.41, 5.74) is 2.51. The smallest absolute Gasteiger partial charge is 0.346 e. The van der Waals surface area contributed by atoms with E-state index < -0.39 is 11.1 Å². The van der Waals surface area contributed by atoms with Crippen LogP contribution < -0.4 is 4.90 Å². The molecular formula is C16H18F3N3S. The third kappa shape index (κ3) is 4.03. The van der Waals surface area contributed by atoms with Crippen molar-refractivity contribution >= 4 is 16.5 Å². The Bertz CT molecular complexity index is 661. The summed E-state index contributed by atoms with van der Waals surface area (Å²) in [5.74, 6) is 0. The molecule has 7 heteroatoms. The highest BCUT2D eigenvalue weighted by molar-refractivity contribution is 7.15. The largest absolute Gasteiger partial charge is 0.427 e. The van der Waals surface area contributed by atoms with Gasteiger partial charge >= 0.3 is 6.18 Å². The van der Waals surface area contributed by atoms with Gasteiger partial charge in [0.2, 0.25) is 0 Å². The number of rotatable bonds is 3. The fraction of sp³-hybridized carbons (Fsp3) is 0.438. The minimum Gasteiger partial charge on any atom is -0.346 e. The molecule has 1 saturated heterocycles. The van der Waals surface area contributed by atoms with Gasteiger partial charge in [0.15, 0.2) is 5.13 Å². The van der Waals surface area contributed by atoms with Crippen LogP contribution in [-0.4, -0.2) is 36.1 Å². The van der Waals surface area contributed by atoms with Crippen LogP contribution in [0.25, 0.3) is 0 Å². The lowest BCUT2D eigenvalue weighted by atomic mass is 10.1. The van der Waals surface area contributed by atoms with Crippen LogP contribution in [0, 0.1) is 6.92 Å². The molecule has 0 atom stereocenters. The van der Waals surface area contributed by atoms with E-state index in [4.69, 9.17) is 0 Å². The lowest BCUT2D eigenvalue weighted by molar-refractivity contribution is -0.134. The number of hydrogen-bond donors (Lipinski definition) is 0. The summed E-state index contributed by atoms with van der Waals surface area (Å²) in [4.78, 5) is 7.56. The van der Waals surface area contributed by atoms with E-state index in [1.807, 2.05) is 4.90 Å². The zero-order chi connectivity index (χ0) is 16.4. The number of halogens is 3. The molecule has 0 amide bonds. The van der Waals surface area contributed by atoms with Crippen LogP contribution in [0.1, 0.15) is 16.0 Å². The number of nitrogens with zero attached hydrogens (tertiary/aromatic N) is 3. The summed E-state index contributed by atoms with van der Waals surface area (Å²) in [6.45, 7) is 6.01. The number of hydrogen-bond acceptors (Lipinski definition) is 4. The Morgan fingerprint density at radius 2 is 1.91 bits per heavy atom. The molecule has 23 heavy (non-hydrogen) atoms. The molecule has 0 aliphatic carbocycles. The van der Waals surface area contributed by atoms with E-state index in [2.05, 4.69) is 41.1 Å². The quantitative estimate of drug-likeness (QED) is 0.847. The van der Waals surface area contributed by atoms with Crippen molar-refractivity contribution < 1.29 is 13.2 Å². The minimum absolute atomic E-state index is 0.465. The number of aryl methyl sites for hydroxylation is 1. The molecule has 3 rings (SSSR count). The molecule has 3 nitrogen and oxygen atoms in total. The van der Waals surface area contributed by atoms with Gasteiger partial charge in [-0.3, -0.25) is 4.90 Å². The molecule has 1 fully saturated rings. The zero-order valence-electron chi connectivity index (χ0n) is 12.8. The van der Waals surface area contributed by atoms with Crippen molar-refractivity contribution in [3.8, 4) is 0 Å². The van der Waals surface area contributed by atoms with Crippen LogP contribution in [0.4, 0.5) is 18.3 Å². The topological polar surface area (TPSA) is 19.4 Å². The molecule has 0 unspecified atom stereocenters. The van der Waals surface area contributed by atoms with E-state index in [9.17, 15) is 13.2 Å². The summed E-state index contributed by atoms with van der Waals surface area (Å²) < 4.78 is 37.9. The van der Waals surface area contributed by atoms with Crippen LogP contribution in [0.2, 0.25) is 0 Å². The lowest BCUT2D eigenvalue weighted by Crippen LogP contribution is -2.45. The predicted octanol–water partition coefficient (Wildman–Crippen LogP) is 3.79. The molecule has 2 aromatic rings. The first-order valence-corrected chi connectivity index (χ1v) is 8.29. The van der Waals surface area contributed by atoms with Crippen LogP contribution in [0.15, 0.2) is 30.5 Å². The van der Waals surface area contributed by atoms with Gasteiger partial charge in [-0.15, -0.1) is 0 Å². The number of anilines is 1. The molecule has 2 heterocycles. The van der Waals surface area contributed by atoms with E-state index >= 15 is 0 Å². The predicted molar refractivity (Wildman–Crippen MR) is 85.8 cm³/mol. The first-order chi connectivity index (χ1) is 10.9. The number of piperazine rings is 1. The van der Waals surface area contributed by atoms with E-state index in [-0.39, 0.29) is 0 Å². The van der Waals surface area contributed by atoms with Crippen LogP contribution in [0.5, 0.6) is 0 Å².